The zero-order valence-electron chi connectivity index (χ0n) is 17.6. The van der Waals surface area contributed by atoms with Gasteiger partial charge in [-0.3, -0.25) is 0 Å². The van der Waals surface area contributed by atoms with Gasteiger partial charge in [-0.25, -0.2) is 9.78 Å². The summed E-state index contributed by atoms with van der Waals surface area (Å²) in [5, 5.41) is 3.26. The van der Waals surface area contributed by atoms with Crippen LogP contribution < -0.4 is 14.8 Å². The number of hydrogen-bond acceptors (Lipinski definition) is 7. The second-order valence-electron chi connectivity index (χ2n) is 7.22. The molecule has 10 heteroatoms. The number of rotatable bonds is 6. The lowest BCUT2D eigenvalue weighted by atomic mass is 10.1. The second kappa shape index (κ2) is 9.01. The van der Waals surface area contributed by atoms with Gasteiger partial charge >= 0.3 is 12.3 Å². The van der Waals surface area contributed by atoms with Crippen LogP contribution in [0.2, 0.25) is 0 Å². The number of nitrogens with zero attached hydrogens (tertiary/aromatic N) is 1. The summed E-state index contributed by atoms with van der Waals surface area (Å²) in [4.78, 5) is 16.9. The molecule has 0 saturated carbocycles. The van der Waals surface area contributed by atoms with Gasteiger partial charge in [-0.15, -0.1) is 13.2 Å². The van der Waals surface area contributed by atoms with E-state index >= 15 is 0 Å². The fraction of sp³-hybridized carbons (Fsp3) is 0.429. The molecule has 1 aromatic heterocycles. The summed E-state index contributed by atoms with van der Waals surface area (Å²) in [6.45, 7) is 6.01. The highest BCUT2D eigenvalue weighted by molar-refractivity contribution is 5.98. The number of benzene rings is 1. The molecular weight excluding hydrogens is 417 g/mol. The van der Waals surface area contributed by atoms with Crippen molar-refractivity contribution in [2.75, 3.05) is 25.6 Å². The zero-order chi connectivity index (χ0) is 22.8. The van der Waals surface area contributed by atoms with Crippen molar-refractivity contribution in [3.63, 3.8) is 0 Å². The highest BCUT2D eigenvalue weighted by Gasteiger charge is 2.32. The van der Waals surface area contributed by atoms with Gasteiger partial charge in [0.25, 0.3) is 0 Å². The van der Waals surface area contributed by atoms with Crippen LogP contribution in [0.15, 0.2) is 18.2 Å². The summed E-state index contributed by atoms with van der Waals surface area (Å²) in [5.74, 6) is -0.753. The normalized spacial score (nSPS) is 16.2. The molecule has 0 bridgehead atoms. The molecular formula is C21H23F3N2O5. The Bertz CT molecular complexity index is 949. The number of carbonyl (C=O) groups excluding carboxylic acids is 1. The molecule has 1 saturated heterocycles. The SMILES string of the molecule is COC(=O)c1c(NC2CCOC2)cc(C)nc1Oc1c(C)cc(OC(F)(F)F)cc1C. The van der Waals surface area contributed by atoms with Crippen LogP contribution in [0, 0.1) is 20.8 Å². The van der Waals surface area contributed by atoms with E-state index in [9.17, 15) is 18.0 Å². The first kappa shape index (κ1) is 22.7. The Morgan fingerprint density at radius 2 is 1.87 bits per heavy atom. The first-order valence-corrected chi connectivity index (χ1v) is 9.56. The van der Waals surface area contributed by atoms with Gasteiger partial charge in [0.2, 0.25) is 5.88 Å². The van der Waals surface area contributed by atoms with Gasteiger partial charge < -0.3 is 24.3 Å². The summed E-state index contributed by atoms with van der Waals surface area (Å²) in [6, 6.07) is 4.13. The molecule has 1 aromatic carbocycles. The van der Waals surface area contributed by atoms with Crippen molar-refractivity contribution in [2.24, 2.45) is 0 Å². The van der Waals surface area contributed by atoms with E-state index in [1.165, 1.54) is 19.2 Å². The number of ether oxygens (including phenoxy) is 4. The fourth-order valence-corrected chi connectivity index (χ4v) is 3.36. The van der Waals surface area contributed by atoms with Crippen molar-refractivity contribution in [1.29, 1.82) is 0 Å². The maximum absolute atomic E-state index is 12.6. The number of aryl methyl sites for hydroxylation is 3. The standard InChI is InChI=1S/C21H23F3N2O5/c1-11-7-15(31-21(22,23)24)8-12(2)18(11)30-19-17(20(27)28-4)16(9-13(3)25-19)26-14-5-6-29-10-14/h7-9,14H,5-6,10H2,1-4H3,(H,25,26). The van der Waals surface area contributed by atoms with Gasteiger partial charge in [-0.1, -0.05) is 0 Å². The monoisotopic (exact) mass is 440 g/mol. The van der Waals surface area contributed by atoms with E-state index in [2.05, 4.69) is 15.0 Å². The van der Waals surface area contributed by atoms with Crippen molar-refractivity contribution >= 4 is 11.7 Å². The second-order valence-corrected chi connectivity index (χ2v) is 7.22. The van der Waals surface area contributed by atoms with Crippen LogP contribution >= 0.6 is 0 Å². The van der Waals surface area contributed by atoms with Crippen molar-refractivity contribution in [3.05, 3.63) is 40.6 Å². The summed E-state index contributed by atoms with van der Waals surface area (Å²) in [7, 11) is 1.24. The summed E-state index contributed by atoms with van der Waals surface area (Å²) in [5.41, 5.74) is 1.93. The Hall–Kier alpha value is -3.01. The minimum atomic E-state index is -4.80. The van der Waals surface area contributed by atoms with Crippen molar-refractivity contribution in [2.45, 2.75) is 39.6 Å². The molecule has 0 aliphatic carbocycles. The van der Waals surface area contributed by atoms with E-state index < -0.39 is 12.3 Å². The minimum absolute atomic E-state index is 0.0102. The number of anilines is 1. The molecule has 0 radical (unpaired) electrons. The average Bonchev–Trinajstić information content (AvgIpc) is 3.15. The Morgan fingerprint density at radius 3 is 2.42 bits per heavy atom. The third kappa shape index (κ3) is 5.57. The molecule has 168 valence electrons. The minimum Gasteiger partial charge on any atom is -0.465 e. The molecule has 2 aromatic rings. The zero-order valence-corrected chi connectivity index (χ0v) is 17.6. The molecule has 1 aliphatic heterocycles. The third-order valence-electron chi connectivity index (χ3n) is 4.66. The quantitative estimate of drug-likeness (QED) is 0.653. The van der Waals surface area contributed by atoms with Gasteiger partial charge in [0, 0.05) is 12.3 Å². The molecule has 2 heterocycles. The van der Waals surface area contributed by atoms with Crippen LogP contribution in [0.1, 0.15) is 33.6 Å². The lowest BCUT2D eigenvalue weighted by Gasteiger charge is -2.20. The Labute approximate surface area is 177 Å². The van der Waals surface area contributed by atoms with E-state index in [0.29, 0.717) is 35.7 Å². The van der Waals surface area contributed by atoms with Gasteiger partial charge in [-0.2, -0.15) is 0 Å². The van der Waals surface area contributed by atoms with Crippen molar-refractivity contribution in [3.8, 4) is 17.4 Å². The fourth-order valence-electron chi connectivity index (χ4n) is 3.36. The number of halogens is 3. The van der Waals surface area contributed by atoms with Crippen LogP contribution in [0.4, 0.5) is 18.9 Å². The lowest BCUT2D eigenvalue weighted by Crippen LogP contribution is -2.22. The summed E-state index contributed by atoms with van der Waals surface area (Å²) in [6.07, 6.45) is -4.03. The third-order valence-corrected chi connectivity index (χ3v) is 4.66. The molecule has 0 spiro atoms. The summed E-state index contributed by atoms with van der Waals surface area (Å²) < 4.78 is 57.9. The van der Waals surface area contributed by atoms with E-state index in [1.807, 2.05) is 0 Å². The number of aromatic nitrogens is 1. The molecule has 31 heavy (non-hydrogen) atoms. The average molecular weight is 440 g/mol. The highest BCUT2D eigenvalue weighted by Crippen LogP contribution is 2.37. The van der Waals surface area contributed by atoms with Gasteiger partial charge in [0.1, 0.15) is 17.1 Å². The predicted octanol–water partition coefficient (Wildman–Crippen LogP) is 4.69. The van der Waals surface area contributed by atoms with Crippen LogP contribution in [-0.2, 0) is 9.47 Å². The number of esters is 1. The smallest absolute Gasteiger partial charge is 0.465 e. The van der Waals surface area contributed by atoms with E-state index in [0.717, 1.165) is 6.42 Å². The molecule has 1 atom stereocenters. The Kier molecular flexibility index (Phi) is 6.59. The number of pyridine rings is 1. The van der Waals surface area contributed by atoms with E-state index in [4.69, 9.17) is 14.2 Å². The highest BCUT2D eigenvalue weighted by atomic mass is 19.4. The van der Waals surface area contributed by atoms with Gasteiger partial charge in [0.15, 0.2) is 0 Å². The van der Waals surface area contributed by atoms with Crippen LogP contribution in [0.3, 0.4) is 0 Å². The largest absolute Gasteiger partial charge is 0.573 e. The number of carbonyl (C=O) groups is 1. The molecule has 0 amide bonds. The van der Waals surface area contributed by atoms with Crippen molar-refractivity contribution < 1.29 is 36.9 Å². The van der Waals surface area contributed by atoms with E-state index in [1.54, 1.807) is 26.8 Å². The molecule has 7 nitrogen and oxygen atoms in total. The predicted molar refractivity (Wildman–Crippen MR) is 106 cm³/mol. The van der Waals surface area contributed by atoms with Crippen LogP contribution in [-0.4, -0.2) is 43.7 Å². The summed E-state index contributed by atoms with van der Waals surface area (Å²) >= 11 is 0. The number of alkyl halides is 3. The Morgan fingerprint density at radius 1 is 1.19 bits per heavy atom. The first-order chi connectivity index (χ1) is 14.6. The molecule has 1 N–H and O–H groups in total. The van der Waals surface area contributed by atoms with E-state index in [-0.39, 0.29) is 29.0 Å². The maximum atomic E-state index is 12.6. The number of hydrogen-bond donors (Lipinski definition) is 1. The topological polar surface area (TPSA) is 78.9 Å². The Balaban J connectivity index is 2.00. The molecule has 3 rings (SSSR count). The van der Waals surface area contributed by atoms with Gasteiger partial charge in [-0.05, 0) is 56.5 Å². The number of methoxy groups -OCH3 is 1. The molecule has 1 aliphatic rings. The first-order valence-electron chi connectivity index (χ1n) is 9.56. The van der Waals surface area contributed by atoms with Crippen molar-refractivity contribution in [1.82, 2.24) is 4.98 Å². The molecule has 1 unspecified atom stereocenters. The molecule has 1 fully saturated rings. The van der Waals surface area contributed by atoms with Gasteiger partial charge in [0.05, 0.1) is 25.4 Å². The maximum Gasteiger partial charge on any atom is 0.573 e. The lowest BCUT2D eigenvalue weighted by molar-refractivity contribution is -0.274. The van der Waals surface area contributed by atoms with Crippen LogP contribution in [0.5, 0.6) is 17.4 Å². The number of nitrogens with one attached hydrogen (secondary N) is 1. The van der Waals surface area contributed by atoms with Crippen LogP contribution in [0.25, 0.3) is 0 Å².